The van der Waals surface area contributed by atoms with Gasteiger partial charge in [0.25, 0.3) is 0 Å². The highest BCUT2D eigenvalue weighted by Gasteiger charge is 2.28. The predicted molar refractivity (Wildman–Crippen MR) is 75.7 cm³/mol. The van der Waals surface area contributed by atoms with Gasteiger partial charge in [0.05, 0.1) is 25.9 Å². The third kappa shape index (κ3) is 3.99. The van der Waals surface area contributed by atoms with Crippen molar-refractivity contribution < 1.29 is 13.9 Å². The van der Waals surface area contributed by atoms with E-state index in [4.69, 9.17) is 9.47 Å². The van der Waals surface area contributed by atoms with Crippen molar-refractivity contribution in [1.29, 1.82) is 0 Å². The van der Waals surface area contributed by atoms with Gasteiger partial charge in [-0.3, -0.25) is 0 Å². The second kappa shape index (κ2) is 7.33. The van der Waals surface area contributed by atoms with Crippen LogP contribution in [0.2, 0.25) is 0 Å². The zero-order chi connectivity index (χ0) is 13.7. The van der Waals surface area contributed by atoms with E-state index in [1.165, 1.54) is 6.07 Å². The number of ether oxygens (including phenoxy) is 2. The summed E-state index contributed by atoms with van der Waals surface area (Å²) in [7, 11) is 0. The predicted octanol–water partition coefficient (Wildman–Crippen LogP) is 3.04. The first-order valence-corrected chi connectivity index (χ1v) is 7.39. The lowest BCUT2D eigenvalue weighted by atomic mass is 10.0. The van der Waals surface area contributed by atoms with Crippen LogP contribution in [0.1, 0.15) is 24.9 Å². The molecular formula is C14H19BrFNO2. The van der Waals surface area contributed by atoms with Gasteiger partial charge in [0.1, 0.15) is 11.9 Å². The molecule has 0 aliphatic carbocycles. The first-order chi connectivity index (χ1) is 9.22. The van der Waals surface area contributed by atoms with Crippen molar-refractivity contribution in [3.8, 4) is 0 Å². The van der Waals surface area contributed by atoms with Crippen LogP contribution in [0.5, 0.6) is 0 Å². The zero-order valence-electron chi connectivity index (χ0n) is 11.0. The van der Waals surface area contributed by atoms with Crippen molar-refractivity contribution in [3.05, 3.63) is 34.1 Å². The highest BCUT2D eigenvalue weighted by atomic mass is 79.9. The van der Waals surface area contributed by atoms with E-state index in [0.29, 0.717) is 25.4 Å². The van der Waals surface area contributed by atoms with Crippen molar-refractivity contribution in [1.82, 2.24) is 5.32 Å². The van der Waals surface area contributed by atoms with E-state index in [0.717, 1.165) is 17.4 Å². The molecule has 2 rings (SSSR count). The molecule has 1 aromatic carbocycles. The number of nitrogens with one attached hydrogen (secondary N) is 1. The van der Waals surface area contributed by atoms with E-state index in [1.807, 2.05) is 0 Å². The molecule has 1 N–H and O–H groups in total. The molecule has 0 spiro atoms. The summed E-state index contributed by atoms with van der Waals surface area (Å²) in [5, 5.41) is 3.36. The molecule has 1 aliphatic heterocycles. The maximum Gasteiger partial charge on any atom is 0.128 e. The van der Waals surface area contributed by atoms with E-state index in [9.17, 15) is 4.39 Å². The van der Waals surface area contributed by atoms with Gasteiger partial charge < -0.3 is 14.8 Å². The topological polar surface area (TPSA) is 30.5 Å². The average Bonchev–Trinajstić information content (AvgIpc) is 2.44. The van der Waals surface area contributed by atoms with Crippen LogP contribution in [-0.4, -0.2) is 32.5 Å². The minimum Gasteiger partial charge on any atom is -0.376 e. The first-order valence-electron chi connectivity index (χ1n) is 6.60. The van der Waals surface area contributed by atoms with Gasteiger partial charge in [-0.25, -0.2) is 4.39 Å². The van der Waals surface area contributed by atoms with Crippen LogP contribution >= 0.6 is 15.9 Å². The first kappa shape index (κ1) is 14.9. The van der Waals surface area contributed by atoms with Gasteiger partial charge in [0.2, 0.25) is 0 Å². The van der Waals surface area contributed by atoms with Gasteiger partial charge in [-0.15, -0.1) is 0 Å². The molecule has 3 nitrogen and oxygen atoms in total. The van der Waals surface area contributed by atoms with Gasteiger partial charge in [0, 0.05) is 10.0 Å². The van der Waals surface area contributed by atoms with Crippen molar-refractivity contribution in [2.24, 2.45) is 0 Å². The van der Waals surface area contributed by atoms with E-state index in [1.54, 1.807) is 12.1 Å². The summed E-state index contributed by atoms with van der Waals surface area (Å²) in [5.41, 5.74) is 0.623. The fraction of sp³-hybridized carbons (Fsp3) is 0.571. The van der Waals surface area contributed by atoms with Crippen LogP contribution in [0.4, 0.5) is 4.39 Å². The molecule has 0 radical (unpaired) electrons. The van der Waals surface area contributed by atoms with Crippen LogP contribution in [0.15, 0.2) is 22.7 Å². The maximum atomic E-state index is 14.0. The molecule has 2 atom stereocenters. The second-order valence-corrected chi connectivity index (χ2v) is 5.50. The van der Waals surface area contributed by atoms with Crippen molar-refractivity contribution in [2.45, 2.75) is 25.5 Å². The Hall–Kier alpha value is -0.490. The molecule has 0 saturated carbocycles. The molecule has 1 aliphatic rings. The number of halogens is 2. The summed E-state index contributed by atoms with van der Waals surface area (Å²) in [6.45, 7) is 4.56. The van der Waals surface area contributed by atoms with Gasteiger partial charge in [-0.1, -0.05) is 22.9 Å². The molecule has 19 heavy (non-hydrogen) atoms. The van der Waals surface area contributed by atoms with Gasteiger partial charge in [-0.2, -0.15) is 0 Å². The fourth-order valence-corrected chi connectivity index (χ4v) is 2.57. The molecule has 1 aromatic rings. The monoisotopic (exact) mass is 331 g/mol. The lowest BCUT2D eigenvalue weighted by Gasteiger charge is -2.31. The minimum atomic E-state index is -0.217. The quantitative estimate of drug-likeness (QED) is 0.899. The Bertz CT molecular complexity index is 410. The van der Waals surface area contributed by atoms with E-state index < -0.39 is 0 Å². The molecular weight excluding hydrogens is 313 g/mol. The lowest BCUT2D eigenvalue weighted by molar-refractivity contribution is -0.102. The molecule has 2 unspecified atom stereocenters. The summed E-state index contributed by atoms with van der Waals surface area (Å²) in [5.74, 6) is -0.217. The lowest BCUT2D eigenvalue weighted by Crippen LogP contribution is -2.41. The Morgan fingerprint density at radius 2 is 2.32 bits per heavy atom. The normalized spacial score (nSPS) is 21.3. The molecule has 1 saturated heterocycles. The van der Waals surface area contributed by atoms with Crippen LogP contribution in [-0.2, 0) is 9.47 Å². The molecule has 0 bridgehead atoms. The molecule has 106 valence electrons. The van der Waals surface area contributed by atoms with Crippen molar-refractivity contribution in [2.75, 3.05) is 26.4 Å². The number of hydrogen-bond donors (Lipinski definition) is 1. The van der Waals surface area contributed by atoms with Crippen LogP contribution in [0.3, 0.4) is 0 Å². The minimum absolute atomic E-state index is 0.149. The van der Waals surface area contributed by atoms with Crippen LogP contribution < -0.4 is 5.32 Å². The summed E-state index contributed by atoms with van der Waals surface area (Å²) in [4.78, 5) is 0. The summed E-state index contributed by atoms with van der Waals surface area (Å²) >= 11 is 3.39. The molecule has 5 heteroatoms. The Balaban J connectivity index is 2.22. The maximum absolute atomic E-state index is 14.0. The standard InChI is InChI=1S/C14H19BrFNO2/c1-2-5-17-14(13-9-18-6-7-19-13)11-8-10(15)3-4-12(11)16/h3-4,8,13-14,17H,2,5-7,9H2,1H3. The number of benzene rings is 1. The fourth-order valence-electron chi connectivity index (χ4n) is 2.19. The highest BCUT2D eigenvalue weighted by molar-refractivity contribution is 9.10. The molecule has 0 aromatic heterocycles. The van der Waals surface area contributed by atoms with Crippen molar-refractivity contribution in [3.63, 3.8) is 0 Å². The number of rotatable bonds is 5. The average molecular weight is 332 g/mol. The zero-order valence-corrected chi connectivity index (χ0v) is 12.6. The largest absolute Gasteiger partial charge is 0.376 e. The summed E-state index contributed by atoms with van der Waals surface area (Å²) < 4.78 is 26.1. The van der Waals surface area contributed by atoms with Crippen LogP contribution in [0, 0.1) is 5.82 Å². The molecule has 1 heterocycles. The van der Waals surface area contributed by atoms with E-state index >= 15 is 0 Å². The summed E-state index contributed by atoms with van der Waals surface area (Å²) in [6, 6.07) is 4.80. The highest BCUT2D eigenvalue weighted by Crippen LogP contribution is 2.27. The second-order valence-electron chi connectivity index (χ2n) is 4.58. The smallest absolute Gasteiger partial charge is 0.128 e. The van der Waals surface area contributed by atoms with Crippen molar-refractivity contribution >= 4 is 15.9 Å². The van der Waals surface area contributed by atoms with E-state index in [2.05, 4.69) is 28.2 Å². The Morgan fingerprint density at radius 1 is 1.47 bits per heavy atom. The third-order valence-corrected chi connectivity index (χ3v) is 3.61. The van der Waals surface area contributed by atoms with Gasteiger partial charge in [-0.05, 0) is 31.2 Å². The van der Waals surface area contributed by atoms with E-state index in [-0.39, 0.29) is 18.0 Å². The van der Waals surface area contributed by atoms with Crippen LogP contribution in [0.25, 0.3) is 0 Å². The van der Waals surface area contributed by atoms with Gasteiger partial charge in [0.15, 0.2) is 0 Å². The SMILES string of the molecule is CCCNC(c1cc(Br)ccc1F)C1COCCO1. The Kier molecular flexibility index (Phi) is 5.76. The third-order valence-electron chi connectivity index (χ3n) is 3.12. The molecule has 0 amide bonds. The Labute approximate surface area is 121 Å². The number of hydrogen-bond acceptors (Lipinski definition) is 3. The summed E-state index contributed by atoms with van der Waals surface area (Å²) in [6.07, 6.45) is 0.837. The Morgan fingerprint density at radius 3 is 3.00 bits per heavy atom. The van der Waals surface area contributed by atoms with Gasteiger partial charge >= 0.3 is 0 Å². The molecule has 1 fully saturated rings.